The van der Waals surface area contributed by atoms with Gasteiger partial charge < -0.3 is 9.47 Å². The minimum absolute atomic E-state index is 0.222. The Morgan fingerprint density at radius 1 is 1.21 bits per heavy atom. The van der Waals surface area contributed by atoms with Crippen LogP contribution in [0, 0.1) is 0 Å². The molecule has 0 spiro atoms. The van der Waals surface area contributed by atoms with Crippen molar-refractivity contribution < 1.29 is 4.79 Å². The number of amides is 1. The second kappa shape index (κ2) is 4.56. The number of thioether (sulfide) groups is 1. The van der Waals surface area contributed by atoms with Gasteiger partial charge in [0.25, 0.3) is 5.91 Å². The van der Waals surface area contributed by atoms with Gasteiger partial charge in [-0.05, 0) is 18.9 Å². The molecule has 2 aromatic heterocycles. The Hall–Kier alpha value is -0.940. The van der Waals surface area contributed by atoms with Gasteiger partial charge in [-0.3, -0.25) is 4.79 Å². The van der Waals surface area contributed by atoms with E-state index in [9.17, 15) is 4.79 Å². The van der Waals surface area contributed by atoms with Crippen LogP contribution in [0.4, 0.5) is 0 Å². The lowest BCUT2D eigenvalue weighted by atomic mass is 10.3. The Balaban J connectivity index is 1.59. The summed E-state index contributed by atoms with van der Waals surface area (Å²) in [7, 11) is 0. The molecule has 19 heavy (non-hydrogen) atoms. The van der Waals surface area contributed by atoms with Crippen molar-refractivity contribution in [3.63, 3.8) is 0 Å². The van der Waals surface area contributed by atoms with Gasteiger partial charge in [0.15, 0.2) is 0 Å². The predicted molar refractivity (Wildman–Crippen MR) is 81.3 cm³/mol. The summed E-state index contributed by atoms with van der Waals surface area (Å²) in [6.45, 7) is 1.79. The number of nitrogens with zero attached hydrogens (tertiary/aromatic N) is 2. The fraction of sp³-hybridized carbons (Fsp3) is 0.500. The molecule has 2 aliphatic rings. The Morgan fingerprint density at radius 2 is 2.00 bits per heavy atom. The van der Waals surface area contributed by atoms with Gasteiger partial charge >= 0.3 is 0 Å². The molecule has 3 nitrogen and oxygen atoms in total. The van der Waals surface area contributed by atoms with Gasteiger partial charge in [-0.15, -0.1) is 11.3 Å². The minimum Gasteiger partial charge on any atom is -0.349 e. The molecule has 1 amide bonds. The molecule has 2 aromatic rings. The molecule has 0 radical (unpaired) electrons. The number of aromatic nitrogens is 1. The van der Waals surface area contributed by atoms with Crippen molar-refractivity contribution in [3.05, 3.63) is 23.3 Å². The molecule has 1 saturated heterocycles. The first kappa shape index (κ1) is 11.9. The molecular weight excluding hydrogens is 276 g/mol. The van der Waals surface area contributed by atoms with E-state index in [0.29, 0.717) is 0 Å². The van der Waals surface area contributed by atoms with Crippen LogP contribution in [-0.2, 0) is 0 Å². The van der Waals surface area contributed by atoms with Gasteiger partial charge in [-0.25, -0.2) is 0 Å². The third-order valence-electron chi connectivity index (χ3n) is 3.82. The second-order valence-corrected chi connectivity index (χ2v) is 7.58. The summed E-state index contributed by atoms with van der Waals surface area (Å²) in [5.74, 6) is 2.37. The molecule has 2 fully saturated rings. The molecule has 1 saturated carbocycles. The Morgan fingerprint density at radius 3 is 2.68 bits per heavy atom. The van der Waals surface area contributed by atoms with E-state index >= 15 is 0 Å². The van der Waals surface area contributed by atoms with Gasteiger partial charge in [0, 0.05) is 48.4 Å². The highest BCUT2D eigenvalue weighted by Crippen LogP contribution is 2.38. The number of carbonyl (C=O) groups excluding carboxylic acids is 1. The van der Waals surface area contributed by atoms with Crippen LogP contribution >= 0.6 is 23.1 Å². The second-order valence-electron chi connectivity index (χ2n) is 5.27. The molecule has 0 atom stereocenters. The normalized spacial score (nSPS) is 20.1. The first-order valence-corrected chi connectivity index (χ1v) is 8.76. The fourth-order valence-corrected chi connectivity index (χ4v) is 4.51. The number of thiophene rings is 1. The van der Waals surface area contributed by atoms with E-state index in [1.54, 1.807) is 11.3 Å². The van der Waals surface area contributed by atoms with E-state index in [2.05, 4.69) is 23.0 Å². The first-order chi connectivity index (χ1) is 9.31. The fourth-order valence-electron chi connectivity index (χ4n) is 2.57. The maximum atomic E-state index is 12.4. The molecule has 0 aromatic carbocycles. The van der Waals surface area contributed by atoms with Crippen molar-refractivity contribution in [2.75, 3.05) is 24.6 Å². The Labute approximate surface area is 120 Å². The monoisotopic (exact) mass is 292 g/mol. The first-order valence-electron chi connectivity index (χ1n) is 6.79. The maximum Gasteiger partial charge on any atom is 0.264 e. The zero-order valence-electron chi connectivity index (χ0n) is 10.7. The molecule has 4 rings (SSSR count). The van der Waals surface area contributed by atoms with Crippen LogP contribution in [0.3, 0.4) is 0 Å². The minimum atomic E-state index is 0.222. The van der Waals surface area contributed by atoms with Gasteiger partial charge in [-0.2, -0.15) is 11.8 Å². The van der Waals surface area contributed by atoms with E-state index in [1.165, 1.54) is 22.9 Å². The number of rotatable bonds is 2. The van der Waals surface area contributed by atoms with E-state index in [4.69, 9.17) is 0 Å². The molecule has 0 N–H and O–H groups in total. The maximum absolute atomic E-state index is 12.4. The molecule has 100 valence electrons. The van der Waals surface area contributed by atoms with Crippen LogP contribution in [0.15, 0.2) is 18.5 Å². The predicted octanol–water partition coefficient (Wildman–Crippen LogP) is 3.23. The van der Waals surface area contributed by atoms with Gasteiger partial charge in [0.05, 0.1) is 9.58 Å². The SMILES string of the molecule is O=C(c1cc2cn(C3CC3)cc2s1)N1CCSCC1. The van der Waals surface area contributed by atoms with Gasteiger partial charge in [0.2, 0.25) is 0 Å². The van der Waals surface area contributed by atoms with Crippen molar-refractivity contribution in [3.8, 4) is 0 Å². The van der Waals surface area contributed by atoms with Crippen molar-refractivity contribution in [1.82, 2.24) is 9.47 Å². The molecule has 3 heterocycles. The van der Waals surface area contributed by atoms with Crippen LogP contribution in [0.1, 0.15) is 28.6 Å². The quantitative estimate of drug-likeness (QED) is 0.849. The van der Waals surface area contributed by atoms with E-state index < -0.39 is 0 Å². The van der Waals surface area contributed by atoms with Crippen LogP contribution in [0.2, 0.25) is 0 Å². The summed E-state index contributed by atoms with van der Waals surface area (Å²) >= 11 is 3.58. The third-order valence-corrected chi connectivity index (χ3v) is 5.84. The van der Waals surface area contributed by atoms with Crippen molar-refractivity contribution in [1.29, 1.82) is 0 Å². The average molecular weight is 292 g/mol. The molecule has 0 bridgehead atoms. The van der Waals surface area contributed by atoms with E-state index in [0.717, 1.165) is 35.5 Å². The topological polar surface area (TPSA) is 25.2 Å². The van der Waals surface area contributed by atoms with E-state index in [-0.39, 0.29) is 5.91 Å². The Kier molecular flexibility index (Phi) is 2.84. The summed E-state index contributed by atoms with van der Waals surface area (Å²) in [6, 6.07) is 2.79. The number of hydrogen-bond acceptors (Lipinski definition) is 3. The molecule has 1 aliphatic carbocycles. The van der Waals surface area contributed by atoms with Gasteiger partial charge in [0.1, 0.15) is 0 Å². The molecule has 1 aliphatic heterocycles. The van der Waals surface area contributed by atoms with Crippen molar-refractivity contribution in [2.24, 2.45) is 0 Å². The standard InChI is InChI=1S/C14H16N2OS2/c17-14(15-3-5-18-6-4-15)12-7-10-8-16(11-1-2-11)9-13(10)19-12/h7-9,11H,1-6H2. The zero-order chi connectivity index (χ0) is 12.8. The lowest BCUT2D eigenvalue weighted by Crippen LogP contribution is -2.37. The molecule has 0 unspecified atom stereocenters. The summed E-state index contributed by atoms with van der Waals surface area (Å²) in [5.41, 5.74) is 0. The van der Waals surface area contributed by atoms with Crippen LogP contribution in [0.5, 0.6) is 0 Å². The summed E-state index contributed by atoms with van der Waals surface area (Å²) in [4.78, 5) is 15.3. The largest absolute Gasteiger partial charge is 0.349 e. The van der Waals surface area contributed by atoms with Crippen molar-refractivity contribution in [2.45, 2.75) is 18.9 Å². The van der Waals surface area contributed by atoms with Crippen LogP contribution in [-0.4, -0.2) is 40.0 Å². The van der Waals surface area contributed by atoms with E-state index in [1.807, 2.05) is 16.7 Å². The number of hydrogen-bond donors (Lipinski definition) is 0. The average Bonchev–Trinajstić information content (AvgIpc) is 3.10. The highest BCUT2D eigenvalue weighted by molar-refractivity contribution is 7.99. The van der Waals surface area contributed by atoms with Gasteiger partial charge in [-0.1, -0.05) is 0 Å². The molecule has 5 heteroatoms. The lowest BCUT2D eigenvalue weighted by Gasteiger charge is -2.25. The van der Waals surface area contributed by atoms with Crippen LogP contribution < -0.4 is 0 Å². The zero-order valence-corrected chi connectivity index (χ0v) is 12.3. The summed E-state index contributed by atoms with van der Waals surface area (Å²) < 4.78 is 3.56. The smallest absolute Gasteiger partial charge is 0.264 e. The number of fused-ring (bicyclic) bond motifs is 1. The lowest BCUT2D eigenvalue weighted by molar-refractivity contribution is 0.0777. The third kappa shape index (κ3) is 2.19. The summed E-state index contributed by atoms with van der Waals surface area (Å²) in [6.07, 6.45) is 7.02. The highest BCUT2D eigenvalue weighted by atomic mass is 32.2. The molecular formula is C14H16N2OS2. The van der Waals surface area contributed by atoms with Crippen LogP contribution in [0.25, 0.3) is 10.1 Å². The van der Waals surface area contributed by atoms with Crippen molar-refractivity contribution >= 4 is 39.1 Å². The Bertz CT molecular complexity index is 589. The highest BCUT2D eigenvalue weighted by Gasteiger charge is 2.25. The summed E-state index contributed by atoms with van der Waals surface area (Å²) in [5, 5.41) is 1.23. The number of carbonyl (C=O) groups is 1.